The van der Waals surface area contributed by atoms with Crippen LogP contribution < -0.4 is 0 Å². The van der Waals surface area contributed by atoms with Crippen molar-refractivity contribution in [3.63, 3.8) is 0 Å². The van der Waals surface area contributed by atoms with Gasteiger partial charge in [0.05, 0.1) is 24.5 Å². The Morgan fingerprint density at radius 2 is 2.40 bits per heavy atom. The maximum absolute atomic E-state index is 12.2. The summed E-state index contributed by atoms with van der Waals surface area (Å²) in [6.07, 6.45) is 0. The highest BCUT2D eigenvalue weighted by atomic mass is 32.1. The van der Waals surface area contributed by atoms with Crippen molar-refractivity contribution in [1.82, 2.24) is 9.78 Å². The Morgan fingerprint density at radius 1 is 1.53 bits per heavy atom. The number of rotatable bonds is 4. The molecule has 15 heavy (non-hydrogen) atoms. The fourth-order valence-electron chi connectivity index (χ4n) is 1.41. The molecule has 0 saturated carbocycles. The molecule has 0 spiro atoms. The summed E-state index contributed by atoms with van der Waals surface area (Å²) in [5.74, 6) is 0. The van der Waals surface area contributed by atoms with Gasteiger partial charge in [0, 0.05) is 10.9 Å². The van der Waals surface area contributed by atoms with E-state index in [9.17, 15) is 4.39 Å². The molecule has 0 aliphatic rings. The molecule has 0 atom stereocenters. The van der Waals surface area contributed by atoms with E-state index in [4.69, 9.17) is 5.11 Å². The van der Waals surface area contributed by atoms with Crippen molar-refractivity contribution in [2.24, 2.45) is 0 Å². The summed E-state index contributed by atoms with van der Waals surface area (Å²) in [6, 6.07) is 3.74. The highest BCUT2D eigenvalue weighted by Gasteiger charge is 2.08. The molecular formula is C10H11FN2OS. The summed E-state index contributed by atoms with van der Waals surface area (Å²) in [5, 5.41) is 17.2. The lowest BCUT2D eigenvalue weighted by Crippen LogP contribution is -2.06. The van der Waals surface area contributed by atoms with Gasteiger partial charge in [-0.25, -0.2) is 4.39 Å². The van der Waals surface area contributed by atoms with Gasteiger partial charge in [-0.2, -0.15) is 16.4 Å². The lowest BCUT2D eigenvalue weighted by Gasteiger charge is -2.00. The first-order chi connectivity index (χ1) is 7.35. The molecule has 80 valence electrons. The maximum atomic E-state index is 12.2. The predicted molar refractivity (Wildman–Crippen MR) is 57.4 cm³/mol. The molecule has 0 aliphatic heterocycles. The van der Waals surface area contributed by atoms with Gasteiger partial charge in [0.2, 0.25) is 0 Å². The first-order valence-corrected chi connectivity index (χ1v) is 5.55. The third-order valence-corrected chi connectivity index (χ3v) is 2.82. The Kier molecular flexibility index (Phi) is 3.13. The van der Waals surface area contributed by atoms with Crippen LogP contribution in [-0.4, -0.2) is 21.6 Å². The number of aryl methyl sites for hydroxylation is 1. The minimum atomic E-state index is -0.474. The van der Waals surface area contributed by atoms with Crippen molar-refractivity contribution in [2.45, 2.75) is 13.2 Å². The Morgan fingerprint density at radius 3 is 3.00 bits per heavy atom. The van der Waals surface area contributed by atoms with Crippen LogP contribution in [0, 0.1) is 0 Å². The largest absolute Gasteiger partial charge is 0.390 e. The zero-order chi connectivity index (χ0) is 10.7. The van der Waals surface area contributed by atoms with Crippen molar-refractivity contribution in [1.29, 1.82) is 0 Å². The molecule has 2 heterocycles. The lowest BCUT2D eigenvalue weighted by molar-refractivity contribution is 0.265. The molecular weight excluding hydrogens is 215 g/mol. The van der Waals surface area contributed by atoms with E-state index in [0.717, 1.165) is 11.3 Å². The quantitative estimate of drug-likeness (QED) is 0.866. The number of halogens is 1. The molecule has 5 heteroatoms. The van der Waals surface area contributed by atoms with Gasteiger partial charge in [-0.15, -0.1) is 0 Å². The number of aliphatic hydroxyl groups excluding tert-OH is 1. The first kappa shape index (κ1) is 10.3. The molecule has 0 saturated heterocycles. The van der Waals surface area contributed by atoms with Crippen molar-refractivity contribution >= 4 is 11.3 Å². The van der Waals surface area contributed by atoms with Crippen LogP contribution >= 0.6 is 11.3 Å². The van der Waals surface area contributed by atoms with Crippen LogP contribution in [0.3, 0.4) is 0 Å². The first-order valence-electron chi connectivity index (χ1n) is 4.61. The normalized spacial score (nSPS) is 10.8. The van der Waals surface area contributed by atoms with E-state index in [0.29, 0.717) is 5.69 Å². The molecule has 3 nitrogen and oxygen atoms in total. The van der Waals surface area contributed by atoms with Crippen molar-refractivity contribution in [2.75, 3.05) is 6.67 Å². The second kappa shape index (κ2) is 4.55. The molecule has 0 aliphatic carbocycles. The SMILES string of the molecule is OCc1cc(-c2ccsc2)nn1CCF. The van der Waals surface area contributed by atoms with Gasteiger partial charge in [0.25, 0.3) is 0 Å². The van der Waals surface area contributed by atoms with E-state index >= 15 is 0 Å². The van der Waals surface area contributed by atoms with Crippen LogP contribution in [-0.2, 0) is 13.2 Å². The average molecular weight is 226 g/mol. The second-order valence-electron chi connectivity index (χ2n) is 3.10. The Bertz CT molecular complexity index is 425. The van der Waals surface area contributed by atoms with Crippen molar-refractivity contribution in [3.8, 4) is 11.3 Å². The number of aromatic nitrogens is 2. The molecule has 0 radical (unpaired) electrons. The summed E-state index contributed by atoms with van der Waals surface area (Å²) in [5.41, 5.74) is 2.44. The lowest BCUT2D eigenvalue weighted by atomic mass is 10.2. The Hall–Kier alpha value is -1.20. The van der Waals surface area contributed by atoms with Crippen LogP contribution in [0.25, 0.3) is 11.3 Å². The topological polar surface area (TPSA) is 38.1 Å². The standard InChI is InChI=1S/C10H11FN2OS/c11-2-3-13-9(6-14)5-10(12-13)8-1-4-15-7-8/h1,4-5,7,14H,2-3,6H2. The number of aliphatic hydroxyl groups is 1. The van der Waals surface area contributed by atoms with Crippen LogP contribution in [0.4, 0.5) is 4.39 Å². The molecule has 0 fully saturated rings. The maximum Gasteiger partial charge on any atom is 0.109 e. The average Bonchev–Trinajstić information content (AvgIpc) is 2.84. The molecule has 0 amide bonds. The van der Waals surface area contributed by atoms with Gasteiger partial charge >= 0.3 is 0 Å². The van der Waals surface area contributed by atoms with Crippen LogP contribution in [0.5, 0.6) is 0 Å². The highest BCUT2D eigenvalue weighted by molar-refractivity contribution is 7.08. The summed E-state index contributed by atoms with van der Waals surface area (Å²) >= 11 is 1.58. The third kappa shape index (κ3) is 2.08. The van der Waals surface area contributed by atoms with Crippen LogP contribution in [0.15, 0.2) is 22.9 Å². The van der Waals surface area contributed by atoms with Gasteiger partial charge in [-0.05, 0) is 17.5 Å². The predicted octanol–water partition coefficient (Wildman–Crippen LogP) is 2.07. The number of nitrogens with zero attached hydrogens (tertiary/aromatic N) is 2. The number of alkyl halides is 1. The minimum Gasteiger partial charge on any atom is -0.390 e. The van der Waals surface area contributed by atoms with Crippen LogP contribution in [0.2, 0.25) is 0 Å². The highest BCUT2D eigenvalue weighted by Crippen LogP contribution is 2.21. The second-order valence-corrected chi connectivity index (χ2v) is 3.88. The van der Waals surface area contributed by atoms with Gasteiger partial charge < -0.3 is 5.11 Å². The molecule has 1 N–H and O–H groups in total. The molecule has 0 bridgehead atoms. The molecule has 0 unspecified atom stereocenters. The van der Waals surface area contributed by atoms with Gasteiger partial charge in [0.1, 0.15) is 6.67 Å². The summed E-state index contributed by atoms with van der Waals surface area (Å²) in [7, 11) is 0. The smallest absolute Gasteiger partial charge is 0.109 e. The minimum absolute atomic E-state index is 0.114. The van der Waals surface area contributed by atoms with Crippen LogP contribution in [0.1, 0.15) is 5.69 Å². The molecule has 0 aromatic carbocycles. The van der Waals surface area contributed by atoms with Gasteiger partial charge in [-0.1, -0.05) is 0 Å². The molecule has 2 aromatic heterocycles. The zero-order valence-corrected chi connectivity index (χ0v) is 8.88. The summed E-state index contributed by atoms with van der Waals surface area (Å²) in [6.45, 7) is -0.394. The fourth-order valence-corrected chi connectivity index (χ4v) is 2.06. The van der Waals surface area contributed by atoms with E-state index in [2.05, 4.69) is 5.10 Å². The van der Waals surface area contributed by atoms with E-state index in [1.54, 1.807) is 17.4 Å². The van der Waals surface area contributed by atoms with E-state index in [1.807, 2.05) is 16.8 Å². The van der Waals surface area contributed by atoms with Crippen molar-refractivity contribution < 1.29 is 9.50 Å². The van der Waals surface area contributed by atoms with Gasteiger partial charge in [-0.3, -0.25) is 4.68 Å². The Labute approximate surface area is 90.8 Å². The summed E-state index contributed by atoms with van der Waals surface area (Å²) in [4.78, 5) is 0. The van der Waals surface area contributed by atoms with Crippen molar-refractivity contribution in [3.05, 3.63) is 28.6 Å². The monoisotopic (exact) mass is 226 g/mol. The number of hydrogen-bond donors (Lipinski definition) is 1. The van der Waals surface area contributed by atoms with E-state index < -0.39 is 6.67 Å². The summed E-state index contributed by atoms with van der Waals surface area (Å²) < 4.78 is 13.7. The van der Waals surface area contributed by atoms with E-state index in [-0.39, 0.29) is 13.2 Å². The third-order valence-electron chi connectivity index (χ3n) is 2.14. The van der Waals surface area contributed by atoms with E-state index in [1.165, 1.54) is 4.68 Å². The molecule has 2 aromatic rings. The fraction of sp³-hybridized carbons (Fsp3) is 0.300. The van der Waals surface area contributed by atoms with Gasteiger partial charge in [0.15, 0.2) is 0 Å². The number of hydrogen-bond acceptors (Lipinski definition) is 3. The zero-order valence-electron chi connectivity index (χ0n) is 8.06. The number of thiophene rings is 1. The Balaban J connectivity index is 2.34. The molecule has 2 rings (SSSR count).